The minimum Gasteiger partial charge on any atom is -0.494 e. The van der Waals surface area contributed by atoms with Crippen LogP contribution >= 0.6 is 0 Å². The number of ether oxygens (including phenoxy) is 2. The largest absolute Gasteiger partial charge is 0.494 e. The van der Waals surface area contributed by atoms with Crippen molar-refractivity contribution in [3.8, 4) is 28.4 Å². The van der Waals surface area contributed by atoms with Crippen molar-refractivity contribution in [2.75, 3.05) is 13.2 Å². The van der Waals surface area contributed by atoms with E-state index in [1.165, 1.54) is 12.1 Å². The van der Waals surface area contributed by atoms with Gasteiger partial charge in [0.1, 0.15) is 17.3 Å². The Morgan fingerprint density at radius 3 is 2.25 bits per heavy atom. The number of non-ortho nitro benzene ring substituents is 1. The molecule has 8 heteroatoms. The van der Waals surface area contributed by atoms with Crippen LogP contribution in [0.5, 0.6) is 5.75 Å². The molecule has 0 fully saturated rings. The number of carbonyl (C=O) groups is 1. The van der Waals surface area contributed by atoms with Gasteiger partial charge in [-0.25, -0.2) is 9.78 Å². The first-order chi connectivity index (χ1) is 13.5. The van der Waals surface area contributed by atoms with Crippen molar-refractivity contribution in [3.05, 3.63) is 64.3 Å². The van der Waals surface area contributed by atoms with Gasteiger partial charge >= 0.3 is 5.97 Å². The highest BCUT2D eigenvalue weighted by Crippen LogP contribution is 2.29. The van der Waals surface area contributed by atoms with Gasteiger partial charge in [0.15, 0.2) is 5.69 Å². The van der Waals surface area contributed by atoms with E-state index in [1.54, 1.807) is 31.2 Å². The maximum atomic E-state index is 12.4. The molecule has 0 aliphatic rings. The second-order valence-electron chi connectivity index (χ2n) is 5.79. The van der Waals surface area contributed by atoms with E-state index >= 15 is 0 Å². The summed E-state index contributed by atoms with van der Waals surface area (Å²) >= 11 is 0. The van der Waals surface area contributed by atoms with E-state index in [2.05, 4.69) is 9.97 Å². The Morgan fingerprint density at radius 1 is 1.04 bits per heavy atom. The van der Waals surface area contributed by atoms with Crippen molar-refractivity contribution in [2.45, 2.75) is 13.8 Å². The Morgan fingerprint density at radius 2 is 1.68 bits per heavy atom. The first-order valence-electron chi connectivity index (χ1n) is 8.78. The molecule has 1 N–H and O–H groups in total. The number of nitrogens with zero attached hydrogens (tertiary/aromatic N) is 2. The van der Waals surface area contributed by atoms with Crippen LogP contribution in [-0.2, 0) is 4.74 Å². The van der Waals surface area contributed by atoms with Gasteiger partial charge in [0.05, 0.1) is 18.1 Å². The van der Waals surface area contributed by atoms with E-state index in [9.17, 15) is 14.9 Å². The number of hydrogen-bond donors (Lipinski definition) is 1. The first-order valence-corrected chi connectivity index (χ1v) is 8.78. The minimum atomic E-state index is -0.521. The van der Waals surface area contributed by atoms with Crippen LogP contribution in [0, 0.1) is 10.1 Å². The number of nitro benzene ring substituents is 1. The van der Waals surface area contributed by atoms with Crippen molar-refractivity contribution in [1.82, 2.24) is 9.97 Å². The van der Waals surface area contributed by atoms with Crippen molar-refractivity contribution in [3.63, 3.8) is 0 Å². The summed E-state index contributed by atoms with van der Waals surface area (Å²) in [4.78, 5) is 30.3. The maximum Gasteiger partial charge on any atom is 0.357 e. The summed E-state index contributed by atoms with van der Waals surface area (Å²) in [6, 6.07) is 13.1. The molecule has 0 saturated heterocycles. The lowest BCUT2D eigenvalue weighted by molar-refractivity contribution is -0.384. The van der Waals surface area contributed by atoms with E-state index in [4.69, 9.17) is 9.47 Å². The van der Waals surface area contributed by atoms with Crippen molar-refractivity contribution < 1.29 is 19.2 Å². The summed E-state index contributed by atoms with van der Waals surface area (Å²) in [5, 5.41) is 10.8. The van der Waals surface area contributed by atoms with Crippen LogP contribution in [0.25, 0.3) is 22.6 Å². The average Bonchev–Trinajstić information content (AvgIpc) is 3.15. The van der Waals surface area contributed by atoms with E-state index in [0.29, 0.717) is 23.7 Å². The summed E-state index contributed by atoms with van der Waals surface area (Å²) < 4.78 is 10.6. The molecule has 0 amide bonds. The third-order valence-electron chi connectivity index (χ3n) is 3.97. The van der Waals surface area contributed by atoms with Crippen LogP contribution in [0.4, 0.5) is 5.69 Å². The fourth-order valence-electron chi connectivity index (χ4n) is 2.69. The summed E-state index contributed by atoms with van der Waals surface area (Å²) in [5.74, 6) is 0.615. The molecule has 0 radical (unpaired) electrons. The molecule has 0 aliphatic carbocycles. The molecule has 1 aromatic heterocycles. The molecular weight excluding hydrogens is 362 g/mol. The topological polar surface area (TPSA) is 107 Å². The van der Waals surface area contributed by atoms with E-state index < -0.39 is 10.9 Å². The molecule has 0 aliphatic heterocycles. The van der Waals surface area contributed by atoms with Gasteiger partial charge in [0.2, 0.25) is 0 Å². The Bertz CT molecular complexity index is 978. The number of carbonyl (C=O) groups excluding carboxylic acids is 1. The van der Waals surface area contributed by atoms with Gasteiger partial charge in [0.25, 0.3) is 5.69 Å². The number of aromatic amines is 1. The molecular formula is C20H19N3O5. The van der Waals surface area contributed by atoms with Crippen LogP contribution in [0.15, 0.2) is 48.5 Å². The maximum absolute atomic E-state index is 12.4. The van der Waals surface area contributed by atoms with E-state index in [-0.39, 0.29) is 18.0 Å². The molecule has 0 atom stereocenters. The molecule has 1 heterocycles. The molecule has 3 rings (SSSR count). The van der Waals surface area contributed by atoms with Crippen LogP contribution in [0.3, 0.4) is 0 Å². The van der Waals surface area contributed by atoms with Crippen molar-refractivity contribution in [1.29, 1.82) is 0 Å². The molecule has 0 spiro atoms. The zero-order valence-electron chi connectivity index (χ0n) is 15.5. The lowest BCUT2D eigenvalue weighted by atomic mass is 10.1. The molecule has 0 saturated carbocycles. The fourth-order valence-corrected chi connectivity index (χ4v) is 2.69. The third kappa shape index (κ3) is 4.01. The number of hydrogen-bond acceptors (Lipinski definition) is 6. The summed E-state index contributed by atoms with van der Waals surface area (Å²) in [7, 11) is 0. The average molecular weight is 381 g/mol. The quantitative estimate of drug-likeness (QED) is 0.373. The monoisotopic (exact) mass is 381 g/mol. The Labute approximate surface area is 161 Å². The fraction of sp³-hybridized carbons (Fsp3) is 0.200. The third-order valence-corrected chi connectivity index (χ3v) is 3.97. The summed E-state index contributed by atoms with van der Waals surface area (Å²) in [6.45, 7) is 4.41. The number of esters is 1. The van der Waals surface area contributed by atoms with Gasteiger partial charge < -0.3 is 14.5 Å². The summed E-state index contributed by atoms with van der Waals surface area (Å²) in [6.07, 6.45) is 0. The number of nitro groups is 1. The number of nitrogens with one attached hydrogen (secondary N) is 1. The number of benzene rings is 2. The minimum absolute atomic E-state index is 0.0207. The van der Waals surface area contributed by atoms with Gasteiger partial charge in [0, 0.05) is 23.3 Å². The lowest BCUT2D eigenvalue weighted by Crippen LogP contribution is -2.06. The highest BCUT2D eigenvalue weighted by atomic mass is 16.6. The number of aromatic nitrogens is 2. The predicted octanol–water partition coefficient (Wildman–Crippen LogP) is 4.23. The first kappa shape index (κ1) is 19.1. The molecule has 144 valence electrons. The SMILES string of the molecule is CCOC(=O)c1[nH]c(-c2ccc([N+](=O)[O-])cc2)nc1-c1ccc(OCC)cc1. The molecule has 3 aromatic rings. The lowest BCUT2D eigenvalue weighted by Gasteiger charge is -2.05. The summed E-state index contributed by atoms with van der Waals surface area (Å²) in [5.41, 5.74) is 1.98. The van der Waals surface area contributed by atoms with Crippen molar-refractivity contribution >= 4 is 11.7 Å². The molecule has 28 heavy (non-hydrogen) atoms. The smallest absolute Gasteiger partial charge is 0.357 e. The molecule has 0 bridgehead atoms. The van der Waals surface area contributed by atoms with Gasteiger partial charge in [-0.05, 0) is 50.2 Å². The zero-order chi connectivity index (χ0) is 20.1. The van der Waals surface area contributed by atoms with Gasteiger partial charge in [-0.2, -0.15) is 0 Å². The highest BCUT2D eigenvalue weighted by Gasteiger charge is 2.21. The molecule has 0 unspecified atom stereocenters. The second-order valence-corrected chi connectivity index (χ2v) is 5.79. The Kier molecular flexibility index (Phi) is 5.69. The van der Waals surface area contributed by atoms with Crippen LogP contribution in [0.1, 0.15) is 24.3 Å². The van der Waals surface area contributed by atoms with E-state index in [1.807, 2.05) is 19.1 Å². The molecule has 2 aromatic carbocycles. The van der Waals surface area contributed by atoms with Gasteiger partial charge in [-0.1, -0.05) is 0 Å². The van der Waals surface area contributed by atoms with Crippen LogP contribution in [0.2, 0.25) is 0 Å². The molecule has 8 nitrogen and oxygen atoms in total. The Hall–Kier alpha value is -3.68. The number of rotatable bonds is 7. The van der Waals surface area contributed by atoms with Crippen molar-refractivity contribution in [2.24, 2.45) is 0 Å². The highest BCUT2D eigenvalue weighted by molar-refractivity contribution is 5.95. The number of imidazole rings is 1. The Balaban J connectivity index is 2.02. The second kappa shape index (κ2) is 8.34. The van der Waals surface area contributed by atoms with Gasteiger partial charge in [-0.15, -0.1) is 0 Å². The zero-order valence-corrected chi connectivity index (χ0v) is 15.5. The van der Waals surface area contributed by atoms with Crippen LogP contribution in [-0.4, -0.2) is 34.1 Å². The standard InChI is InChI=1S/C20H19N3O5/c1-3-27-16-11-7-13(8-12-16)17-18(20(24)28-4-2)22-19(21-17)14-5-9-15(10-6-14)23(25)26/h5-12H,3-4H2,1-2H3,(H,21,22). The van der Waals surface area contributed by atoms with Gasteiger partial charge in [-0.3, -0.25) is 10.1 Å². The van der Waals surface area contributed by atoms with E-state index in [0.717, 1.165) is 11.3 Å². The van der Waals surface area contributed by atoms with Crippen LogP contribution < -0.4 is 4.74 Å². The normalized spacial score (nSPS) is 10.5. The number of H-pyrrole nitrogens is 1. The predicted molar refractivity (Wildman–Crippen MR) is 103 cm³/mol.